The van der Waals surface area contributed by atoms with Crippen LogP contribution in [0.5, 0.6) is 0 Å². The van der Waals surface area contributed by atoms with Crippen LogP contribution >= 0.6 is 0 Å². The van der Waals surface area contributed by atoms with Gasteiger partial charge in [-0.05, 0) is 24.6 Å². The molecule has 5 N–H and O–H groups in total. The largest absolute Gasteiger partial charge is 0.393 e. The Morgan fingerprint density at radius 3 is 2.17 bits per heavy atom. The molecule has 0 saturated heterocycles. The van der Waals surface area contributed by atoms with E-state index in [1.165, 1.54) is 6.33 Å². The Kier molecular flexibility index (Phi) is 4.76. The van der Waals surface area contributed by atoms with Crippen LogP contribution in [0.4, 0.5) is 23.0 Å². The Hall–Kier alpha value is -3.28. The van der Waals surface area contributed by atoms with E-state index in [2.05, 4.69) is 45.2 Å². The molecule has 0 fully saturated rings. The normalized spacial score (nSPS) is 11.5. The maximum atomic E-state index is 6.18. The number of para-hydroxylation sites is 1. The molecular weight excluding hydrogens is 300 g/mol. The molecule has 0 bridgehead atoms. The zero-order chi connectivity index (χ0) is 16.8. The average Bonchev–Trinajstić information content (AvgIpc) is 2.64. The molecule has 0 spiro atoms. The quantitative estimate of drug-likeness (QED) is 0.518. The third-order valence-corrected chi connectivity index (χ3v) is 3.64. The van der Waals surface area contributed by atoms with Gasteiger partial charge in [-0.15, -0.1) is 0 Å². The zero-order valence-electron chi connectivity index (χ0n) is 13.4. The molecule has 3 rings (SSSR count). The number of anilines is 4. The van der Waals surface area contributed by atoms with Crippen molar-refractivity contribution >= 4 is 23.0 Å². The minimum Gasteiger partial charge on any atom is -0.393 e. The Morgan fingerprint density at radius 1 is 0.833 bits per heavy atom. The molecule has 1 aromatic heterocycles. The predicted molar refractivity (Wildman–Crippen MR) is 98.6 cm³/mol. The monoisotopic (exact) mass is 320 g/mol. The van der Waals surface area contributed by atoms with Gasteiger partial charge in [-0.2, -0.15) is 0 Å². The summed E-state index contributed by atoms with van der Waals surface area (Å²) in [6.07, 6.45) is 1.48. The summed E-state index contributed by atoms with van der Waals surface area (Å²) < 4.78 is 0. The van der Waals surface area contributed by atoms with E-state index in [4.69, 9.17) is 5.73 Å². The number of hydrogen-bond donors (Lipinski definition) is 4. The smallest absolute Gasteiger partial charge is 0.173 e. The number of rotatable bonds is 6. The summed E-state index contributed by atoms with van der Waals surface area (Å²) in [6, 6.07) is 19.9. The van der Waals surface area contributed by atoms with Crippen LogP contribution in [0.1, 0.15) is 18.5 Å². The third-order valence-electron chi connectivity index (χ3n) is 3.64. The third kappa shape index (κ3) is 3.73. The Morgan fingerprint density at radius 2 is 1.46 bits per heavy atom. The number of benzene rings is 2. The molecule has 0 amide bonds. The zero-order valence-corrected chi connectivity index (χ0v) is 13.4. The highest BCUT2D eigenvalue weighted by atomic mass is 15.4. The summed E-state index contributed by atoms with van der Waals surface area (Å²) in [4.78, 5) is 8.43. The van der Waals surface area contributed by atoms with Crippen molar-refractivity contribution in [2.24, 2.45) is 0 Å². The van der Waals surface area contributed by atoms with Crippen molar-refractivity contribution < 1.29 is 0 Å². The fraction of sp³-hybridized carbons (Fsp3) is 0.111. The molecule has 1 atom stereocenters. The molecule has 0 aliphatic rings. The van der Waals surface area contributed by atoms with Crippen molar-refractivity contribution in [3.63, 3.8) is 0 Å². The van der Waals surface area contributed by atoms with Gasteiger partial charge in [0, 0.05) is 0 Å². The number of nitrogens with one attached hydrogen (secondary N) is 3. The molecule has 0 aliphatic carbocycles. The first-order valence-corrected chi connectivity index (χ1v) is 7.73. The molecule has 6 heteroatoms. The van der Waals surface area contributed by atoms with Crippen molar-refractivity contribution in [3.05, 3.63) is 72.6 Å². The van der Waals surface area contributed by atoms with Gasteiger partial charge < -0.3 is 11.1 Å². The maximum absolute atomic E-state index is 6.18. The summed E-state index contributed by atoms with van der Waals surface area (Å²) in [6.45, 7) is 2.06. The van der Waals surface area contributed by atoms with Crippen LogP contribution in [0, 0.1) is 0 Å². The van der Waals surface area contributed by atoms with Gasteiger partial charge in [0.05, 0.1) is 11.7 Å². The van der Waals surface area contributed by atoms with E-state index >= 15 is 0 Å². The van der Waals surface area contributed by atoms with Crippen LogP contribution in [-0.2, 0) is 0 Å². The predicted octanol–water partition coefficient (Wildman–Crippen LogP) is 3.67. The standard InChI is InChI=1S/C18H20N6/c1-13(14-8-4-2-5-9-14)22-17-16(19)18(21-12-20-17)24-23-15-10-6-3-7-11-15/h2-13,23H,19H2,1H3,(H2,20,21,22,24). The first kappa shape index (κ1) is 15.6. The molecule has 0 saturated carbocycles. The maximum Gasteiger partial charge on any atom is 0.173 e. The summed E-state index contributed by atoms with van der Waals surface area (Å²) in [5.41, 5.74) is 14.8. The van der Waals surface area contributed by atoms with Gasteiger partial charge in [-0.25, -0.2) is 9.97 Å². The van der Waals surface area contributed by atoms with E-state index in [-0.39, 0.29) is 6.04 Å². The van der Waals surface area contributed by atoms with Gasteiger partial charge in [-0.3, -0.25) is 10.9 Å². The van der Waals surface area contributed by atoms with Gasteiger partial charge >= 0.3 is 0 Å². The van der Waals surface area contributed by atoms with Crippen molar-refractivity contribution in [2.75, 3.05) is 21.9 Å². The summed E-state index contributed by atoms with van der Waals surface area (Å²) in [5, 5.41) is 3.32. The number of aromatic nitrogens is 2. The summed E-state index contributed by atoms with van der Waals surface area (Å²) in [7, 11) is 0. The van der Waals surface area contributed by atoms with Gasteiger partial charge in [0.15, 0.2) is 11.6 Å². The van der Waals surface area contributed by atoms with Crippen molar-refractivity contribution in [2.45, 2.75) is 13.0 Å². The molecule has 24 heavy (non-hydrogen) atoms. The fourth-order valence-corrected chi connectivity index (χ4v) is 2.29. The van der Waals surface area contributed by atoms with E-state index in [1.54, 1.807) is 0 Å². The van der Waals surface area contributed by atoms with Gasteiger partial charge in [-0.1, -0.05) is 48.5 Å². The Bertz CT molecular complexity index is 776. The van der Waals surface area contributed by atoms with Crippen LogP contribution in [-0.4, -0.2) is 9.97 Å². The summed E-state index contributed by atoms with van der Waals surface area (Å²) in [5.74, 6) is 1.12. The number of nitrogen functional groups attached to an aromatic ring is 1. The first-order valence-electron chi connectivity index (χ1n) is 7.73. The van der Waals surface area contributed by atoms with Gasteiger partial charge in [0.25, 0.3) is 0 Å². The minimum absolute atomic E-state index is 0.0818. The lowest BCUT2D eigenvalue weighted by molar-refractivity contribution is 0.873. The first-order chi connectivity index (χ1) is 11.7. The highest BCUT2D eigenvalue weighted by Gasteiger charge is 2.11. The second-order valence-corrected chi connectivity index (χ2v) is 5.38. The van der Waals surface area contributed by atoms with E-state index < -0.39 is 0 Å². The lowest BCUT2D eigenvalue weighted by Crippen LogP contribution is -2.15. The molecule has 0 radical (unpaired) electrons. The molecule has 0 aliphatic heterocycles. The van der Waals surface area contributed by atoms with E-state index in [9.17, 15) is 0 Å². The number of hydrogen-bond acceptors (Lipinski definition) is 6. The van der Waals surface area contributed by atoms with Gasteiger partial charge in [0.2, 0.25) is 0 Å². The molecule has 2 aromatic carbocycles. The van der Waals surface area contributed by atoms with E-state index in [1.807, 2.05) is 48.5 Å². The molecule has 122 valence electrons. The Labute approximate surface area is 141 Å². The van der Waals surface area contributed by atoms with E-state index in [0.717, 1.165) is 11.3 Å². The molecule has 1 unspecified atom stereocenters. The van der Waals surface area contributed by atoms with Crippen LogP contribution in [0.2, 0.25) is 0 Å². The van der Waals surface area contributed by atoms with Crippen molar-refractivity contribution in [3.8, 4) is 0 Å². The highest BCUT2D eigenvalue weighted by molar-refractivity contribution is 5.75. The van der Waals surface area contributed by atoms with Crippen LogP contribution in [0.3, 0.4) is 0 Å². The molecule has 1 heterocycles. The number of hydrazine groups is 1. The van der Waals surface area contributed by atoms with Gasteiger partial charge in [0.1, 0.15) is 12.0 Å². The van der Waals surface area contributed by atoms with Crippen LogP contribution in [0.25, 0.3) is 0 Å². The topological polar surface area (TPSA) is 87.9 Å². The molecule has 3 aromatic rings. The van der Waals surface area contributed by atoms with Crippen LogP contribution < -0.4 is 21.9 Å². The second kappa shape index (κ2) is 7.32. The molecule has 6 nitrogen and oxygen atoms in total. The lowest BCUT2D eigenvalue weighted by atomic mass is 10.1. The molecular formula is C18H20N6. The van der Waals surface area contributed by atoms with Crippen LogP contribution in [0.15, 0.2) is 67.0 Å². The fourth-order valence-electron chi connectivity index (χ4n) is 2.29. The number of nitrogens with two attached hydrogens (primary N) is 1. The summed E-state index contributed by atoms with van der Waals surface area (Å²) >= 11 is 0. The minimum atomic E-state index is 0.0818. The number of nitrogens with zero attached hydrogens (tertiary/aromatic N) is 2. The van der Waals surface area contributed by atoms with E-state index in [0.29, 0.717) is 17.3 Å². The van der Waals surface area contributed by atoms with Crippen molar-refractivity contribution in [1.82, 2.24) is 9.97 Å². The average molecular weight is 320 g/mol. The Balaban J connectivity index is 1.71. The lowest BCUT2D eigenvalue weighted by Gasteiger charge is -2.18. The second-order valence-electron chi connectivity index (χ2n) is 5.38. The SMILES string of the molecule is CC(Nc1ncnc(NNc2ccccc2)c1N)c1ccccc1. The highest BCUT2D eigenvalue weighted by Crippen LogP contribution is 2.26. The van der Waals surface area contributed by atoms with Crippen molar-refractivity contribution in [1.29, 1.82) is 0 Å².